The van der Waals surface area contributed by atoms with Crippen molar-refractivity contribution in [3.8, 4) is 0 Å². The van der Waals surface area contributed by atoms with Crippen LogP contribution >= 0.6 is 0 Å². The Kier molecular flexibility index (Phi) is 4.12. The number of nitrogens with zero attached hydrogens (tertiary/aromatic N) is 1. The highest BCUT2D eigenvalue weighted by atomic mass is 16.5. The molecule has 1 aliphatic heterocycles. The van der Waals surface area contributed by atoms with E-state index in [1.807, 2.05) is 6.92 Å². The molecule has 0 aromatic carbocycles. The smallest absolute Gasteiger partial charge is 0.0645 e. The monoisotopic (exact) mass is 216 g/mol. The highest BCUT2D eigenvalue weighted by Crippen LogP contribution is 2.20. The molecule has 4 nitrogen and oxygen atoms in total. The van der Waals surface area contributed by atoms with Crippen molar-refractivity contribution in [1.29, 1.82) is 0 Å². The van der Waals surface area contributed by atoms with E-state index in [4.69, 9.17) is 15.6 Å². The van der Waals surface area contributed by atoms with Crippen molar-refractivity contribution in [2.75, 3.05) is 32.9 Å². The third-order valence-electron chi connectivity index (χ3n) is 3.13. The Labute approximate surface area is 92.4 Å². The fourth-order valence-electron chi connectivity index (χ4n) is 1.77. The third-order valence-corrected chi connectivity index (χ3v) is 3.13. The number of morpholine rings is 1. The van der Waals surface area contributed by atoms with Crippen molar-refractivity contribution in [2.24, 2.45) is 5.73 Å². The summed E-state index contributed by atoms with van der Waals surface area (Å²) in [4.78, 5) is 2.39. The molecule has 1 aliphatic rings. The Bertz CT molecular complexity index is 205. The van der Waals surface area contributed by atoms with E-state index in [1.54, 1.807) is 0 Å². The number of hydrogen-bond donors (Lipinski definition) is 2. The van der Waals surface area contributed by atoms with Crippen LogP contribution in [-0.2, 0) is 4.74 Å². The minimum absolute atomic E-state index is 0.0395. The molecule has 1 heterocycles. The lowest BCUT2D eigenvalue weighted by atomic mass is 9.97. The second-order valence-corrected chi connectivity index (χ2v) is 5.41. The van der Waals surface area contributed by atoms with Gasteiger partial charge in [0.25, 0.3) is 0 Å². The second-order valence-electron chi connectivity index (χ2n) is 5.41. The summed E-state index contributed by atoms with van der Waals surface area (Å²) in [7, 11) is 0. The number of aliphatic hydroxyl groups is 1. The fraction of sp³-hybridized carbons (Fsp3) is 1.00. The van der Waals surface area contributed by atoms with Gasteiger partial charge in [-0.3, -0.25) is 4.90 Å². The van der Waals surface area contributed by atoms with Gasteiger partial charge in [-0.25, -0.2) is 0 Å². The minimum atomic E-state index is -0.464. The van der Waals surface area contributed by atoms with Crippen molar-refractivity contribution in [1.82, 2.24) is 4.90 Å². The van der Waals surface area contributed by atoms with Crippen LogP contribution < -0.4 is 5.73 Å². The van der Waals surface area contributed by atoms with Gasteiger partial charge in [0.05, 0.1) is 19.8 Å². The molecule has 0 bridgehead atoms. The summed E-state index contributed by atoms with van der Waals surface area (Å²) < 4.78 is 5.45. The molecule has 1 saturated heterocycles. The number of rotatable bonds is 4. The van der Waals surface area contributed by atoms with E-state index in [0.717, 1.165) is 32.7 Å². The van der Waals surface area contributed by atoms with Gasteiger partial charge in [-0.1, -0.05) is 0 Å². The maximum Gasteiger partial charge on any atom is 0.0645 e. The first-order valence-electron chi connectivity index (χ1n) is 5.60. The Morgan fingerprint density at radius 1 is 1.53 bits per heavy atom. The van der Waals surface area contributed by atoms with Gasteiger partial charge in [0.1, 0.15) is 0 Å². The van der Waals surface area contributed by atoms with Gasteiger partial charge < -0.3 is 15.6 Å². The quantitative estimate of drug-likeness (QED) is 0.704. The average Bonchev–Trinajstić information content (AvgIpc) is 2.16. The largest absolute Gasteiger partial charge is 0.394 e. The van der Waals surface area contributed by atoms with Crippen LogP contribution in [0.25, 0.3) is 0 Å². The SMILES string of the molecule is CC(N)(CO)CCN1CCOCC1(C)C. The fourth-order valence-corrected chi connectivity index (χ4v) is 1.77. The van der Waals surface area contributed by atoms with Crippen LogP contribution in [0.2, 0.25) is 0 Å². The molecule has 0 radical (unpaired) electrons. The Morgan fingerprint density at radius 2 is 2.20 bits per heavy atom. The standard InChI is InChI=1S/C11H24N2O2/c1-10(2)9-15-7-6-13(10)5-4-11(3,12)8-14/h14H,4-9,12H2,1-3H3. The topological polar surface area (TPSA) is 58.7 Å². The molecule has 1 atom stereocenters. The molecular formula is C11H24N2O2. The van der Waals surface area contributed by atoms with Crippen LogP contribution in [0.4, 0.5) is 0 Å². The van der Waals surface area contributed by atoms with Gasteiger partial charge in [0, 0.05) is 24.2 Å². The van der Waals surface area contributed by atoms with E-state index < -0.39 is 5.54 Å². The van der Waals surface area contributed by atoms with E-state index in [9.17, 15) is 0 Å². The van der Waals surface area contributed by atoms with E-state index in [-0.39, 0.29) is 12.1 Å². The number of aliphatic hydroxyl groups excluding tert-OH is 1. The Hall–Kier alpha value is -0.160. The maximum atomic E-state index is 9.09. The molecule has 3 N–H and O–H groups in total. The van der Waals surface area contributed by atoms with Crippen molar-refractivity contribution in [2.45, 2.75) is 38.3 Å². The molecule has 1 fully saturated rings. The highest BCUT2D eigenvalue weighted by Gasteiger charge is 2.31. The number of ether oxygens (including phenoxy) is 1. The molecule has 15 heavy (non-hydrogen) atoms. The van der Waals surface area contributed by atoms with Crippen LogP contribution in [0.3, 0.4) is 0 Å². The zero-order valence-corrected chi connectivity index (χ0v) is 10.1. The second kappa shape index (κ2) is 4.78. The predicted octanol–water partition coefficient (Wildman–Crippen LogP) is 0.197. The molecule has 0 aromatic rings. The van der Waals surface area contributed by atoms with Crippen LogP contribution in [-0.4, -0.2) is 54.0 Å². The average molecular weight is 216 g/mol. The van der Waals surface area contributed by atoms with E-state index in [0.29, 0.717) is 0 Å². The summed E-state index contributed by atoms with van der Waals surface area (Å²) in [6, 6.07) is 0. The first-order chi connectivity index (χ1) is 6.87. The minimum Gasteiger partial charge on any atom is -0.394 e. The molecule has 0 aromatic heterocycles. The Balaban J connectivity index is 2.43. The summed E-state index contributed by atoms with van der Waals surface area (Å²) in [5.41, 5.74) is 5.54. The predicted molar refractivity (Wildman–Crippen MR) is 60.8 cm³/mol. The lowest BCUT2D eigenvalue weighted by molar-refractivity contribution is -0.0538. The van der Waals surface area contributed by atoms with E-state index in [1.165, 1.54) is 0 Å². The molecule has 90 valence electrons. The summed E-state index contributed by atoms with van der Waals surface area (Å²) >= 11 is 0. The van der Waals surface area contributed by atoms with E-state index in [2.05, 4.69) is 18.7 Å². The van der Waals surface area contributed by atoms with Crippen LogP contribution in [0.1, 0.15) is 27.2 Å². The van der Waals surface area contributed by atoms with Crippen LogP contribution in [0.5, 0.6) is 0 Å². The Morgan fingerprint density at radius 3 is 2.73 bits per heavy atom. The first kappa shape index (κ1) is 12.9. The molecule has 4 heteroatoms. The summed E-state index contributed by atoms with van der Waals surface area (Å²) in [5.74, 6) is 0. The summed E-state index contributed by atoms with van der Waals surface area (Å²) in [5, 5.41) is 9.09. The van der Waals surface area contributed by atoms with Gasteiger partial charge >= 0.3 is 0 Å². The van der Waals surface area contributed by atoms with Crippen LogP contribution in [0, 0.1) is 0 Å². The zero-order valence-electron chi connectivity index (χ0n) is 10.1. The summed E-state index contributed by atoms with van der Waals surface area (Å²) in [6.07, 6.45) is 0.812. The lowest BCUT2D eigenvalue weighted by Gasteiger charge is -2.43. The normalized spacial score (nSPS) is 26.2. The molecule has 0 aliphatic carbocycles. The molecule has 1 rings (SSSR count). The molecule has 0 spiro atoms. The highest BCUT2D eigenvalue weighted by molar-refractivity contribution is 4.87. The zero-order chi connectivity index (χ0) is 11.5. The van der Waals surface area contributed by atoms with Crippen molar-refractivity contribution in [3.05, 3.63) is 0 Å². The van der Waals surface area contributed by atoms with Gasteiger partial charge in [-0.2, -0.15) is 0 Å². The molecule has 1 unspecified atom stereocenters. The third kappa shape index (κ3) is 3.72. The van der Waals surface area contributed by atoms with Crippen molar-refractivity contribution < 1.29 is 9.84 Å². The van der Waals surface area contributed by atoms with Gasteiger partial charge in [0.2, 0.25) is 0 Å². The lowest BCUT2D eigenvalue weighted by Crippen LogP contribution is -2.55. The first-order valence-corrected chi connectivity index (χ1v) is 5.60. The van der Waals surface area contributed by atoms with Crippen molar-refractivity contribution in [3.63, 3.8) is 0 Å². The van der Waals surface area contributed by atoms with Crippen LogP contribution in [0.15, 0.2) is 0 Å². The van der Waals surface area contributed by atoms with Gasteiger partial charge in [-0.15, -0.1) is 0 Å². The van der Waals surface area contributed by atoms with E-state index >= 15 is 0 Å². The summed E-state index contributed by atoms with van der Waals surface area (Å²) in [6.45, 7) is 9.73. The maximum absolute atomic E-state index is 9.09. The van der Waals surface area contributed by atoms with Crippen molar-refractivity contribution >= 4 is 0 Å². The number of hydrogen-bond acceptors (Lipinski definition) is 4. The molecular weight excluding hydrogens is 192 g/mol. The molecule has 0 saturated carbocycles. The van der Waals surface area contributed by atoms with Gasteiger partial charge in [0.15, 0.2) is 0 Å². The number of nitrogens with two attached hydrogens (primary N) is 1. The molecule has 0 amide bonds. The van der Waals surface area contributed by atoms with Gasteiger partial charge in [-0.05, 0) is 27.2 Å².